The lowest BCUT2D eigenvalue weighted by molar-refractivity contribution is -0.149. The topological polar surface area (TPSA) is 46.5 Å². The second-order valence-corrected chi connectivity index (χ2v) is 4.85. The summed E-state index contributed by atoms with van der Waals surface area (Å²) in [6.45, 7) is 4.16. The van der Waals surface area contributed by atoms with Crippen LogP contribution in [-0.2, 0) is 9.53 Å². The molecule has 4 atom stereocenters. The van der Waals surface area contributed by atoms with E-state index >= 15 is 0 Å². The number of carbonyl (C=O) groups excluding carboxylic acids is 1. The number of hydrogen-bond donors (Lipinski definition) is 1. The van der Waals surface area contributed by atoms with Crippen LogP contribution in [0.1, 0.15) is 33.1 Å². The van der Waals surface area contributed by atoms with Crippen LogP contribution in [-0.4, -0.2) is 23.3 Å². The molecule has 0 aromatic heterocycles. The standard InChI is InChI=1S/C10H16O3/c1-6-3-7(11)9-10(2,4-6)5-8(12)13-9/h6-7,9,11H,3-5H2,1-2H3/t6?,7?,9-,10-/m1/s1. The van der Waals surface area contributed by atoms with Gasteiger partial charge in [-0.05, 0) is 18.8 Å². The molecule has 0 aromatic carbocycles. The smallest absolute Gasteiger partial charge is 0.306 e. The van der Waals surface area contributed by atoms with Crippen LogP contribution in [0.15, 0.2) is 0 Å². The van der Waals surface area contributed by atoms with Gasteiger partial charge in [0.1, 0.15) is 6.10 Å². The highest BCUT2D eigenvalue weighted by Crippen LogP contribution is 2.47. The molecule has 1 aliphatic carbocycles. The van der Waals surface area contributed by atoms with Crippen molar-refractivity contribution in [1.29, 1.82) is 0 Å². The Morgan fingerprint density at radius 3 is 3.00 bits per heavy atom. The Labute approximate surface area is 78.1 Å². The van der Waals surface area contributed by atoms with Gasteiger partial charge in [0.2, 0.25) is 0 Å². The van der Waals surface area contributed by atoms with Gasteiger partial charge in [-0.3, -0.25) is 4.79 Å². The van der Waals surface area contributed by atoms with E-state index in [9.17, 15) is 9.90 Å². The SMILES string of the molecule is CC1CC(O)[C@H]2OC(=O)C[C@@]2(C)C1. The first kappa shape index (κ1) is 9.00. The van der Waals surface area contributed by atoms with E-state index in [0.29, 0.717) is 12.3 Å². The van der Waals surface area contributed by atoms with Gasteiger partial charge in [-0.1, -0.05) is 13.8 Å². The zero-order valence-electron chi connectivity index (χ0n) is 8.12. The van der Waals surface area contributed by atoms with Crippen molar-refractivity contribution in [2.24, 2.45) is 11.3 Å². The third-order valence-corrected chi connectivity index (χ3v) is 3.30. The van der Waals surface area contributed by atoms with Crippen molar-refractivity contribution in [3.63, 3.8) is 0 Å². The van der Waals surface area contributed by atoms with Gasteiger partial charge in [0.15, 0.2) is 0 Å². The second-order valence-electron chi connectivity index (χ2n) is 4.85. The van der Waals surface area contributed by atoms with Crippen molar-refractivity contribution in [1.82, 2.24) is 0 Å². The zero-order chi connectivity index (χ0) is 9.64. The van der Waals surface area contributed by atoms with E-state index in [1.807, 2.05) is 6.92 Å². The first-order chi connectivity index (χ1) is 6.01. The summed E-state index contributed by atoms with van der Waals surface area (Å²) in [6.07, 6.45) is 1.50. The molecule has 1 heterocycles. The molecular formula is C10H16O3. The quantitative estimate of drug-likeness (QED) is 0.573. The summed E-state index contributed by atoms with van der Waals surface area (Å²) < 4.78 is 5.14. The fraction of sp³-hybridized carbons (Fsp3) is 0.900. The Morgan fingerprint density at radius 1 is 1.62 bits per heavy atom. The van der Waals surface area contributed by atoms with E-state index in [0.717, 1.165) is 12.8 Å². The minimum atomic E-state index is -0.458. The maximum Gasteiger partial charge on any atom is 0.306 e. The lowest BCUT2D eigenvalue weighted by Gasteiger charge is -2.39. The highest BCUT2D eigenvalue weighted by atomic mass is 16.6. The van der Waals surface area contributed by atoms with E-state index in [1.54, 1.807) is 0 Å². The fourth-order valence-corrected chi connectivity index (χ4v) is 2.90. The predicted octanol–water partition coefficient (Wildman–Crippen LogP) is 1.10. The molecule has 1 saturated carbocycles. The maximum absolute atomic E-state index is 11.1. The molecule has 2 rings (SSSR count). The van der Waals surface area contributed by atoms with Gasteiger partial charge < -0.3 is 9.84 Å². The summed E-state index contributed by atoms with van der Waals surface area (Å²) in [7, 11) is 0. The summed E-state index contributed by atoms with van der Waals surface area (Å²) >= 11 is 0. The molecule has 1 aliphatic heterocycles. The number of carbonyl (C=O) groups is 1. The van der Waals surface area contributed by atoms with Gasteiger partial charge in [0.25, 0.3) is 0 Å². The summed E-state index contributed by atoms with van der Waals surface area (Å²) in [6, 6.07) is 0. The minimum Gasteiger partial charge on any atom is -0.459 e. The van der Waals surface area contributed by atoms with Crippen LogP contribution < -0.4 is 0 Å². The number of rotatable bonds is 0. The molecule has 1 saturated heterocycles. The van der Waals surface area contributed by atoms with Crippen molar-refractivity contribution in [3.8, 4) is 0 Å². The highest BCUT2D eigenvalue weighted by molar-refractivity contribution is 5.73. The number of aliphatic hydroxyl groups is 1. The monoisotopic (exact) mass is 184 g/mol. The molecule has 13 heavy (non-hydrogen) atoms. The predicted molar refractivity (Wildman–Crippen MR) is 47.0 cm³/mol. The van der Waals surface area contributed by atoms with Gasteiger partial charge in [0.05, 0.1) is 12.5 Å². The summed E-state index contributed by atoms with van der Waals surface area (Å²) in [5.41, 5.74) is -0.117. The van der Waals surface area contributed by atoms with E-state index < -0.39 is 6.10 Å². The van der Waals surface area contributed by atoms with Crippen LogP contribution >= 0.6 is 0 Å². The normalized spacial score (nSPS) is 50.1. The lowest BCUT2D eigenvalue weighted by Crippen LogP contribution is -2.44. The van der Waals surface area contributed by atoms with Crippen LogP contribution in [0.5, 0.6) is 0 Å². The minimum absolute atomic E-state index is 0.117. The molecule has 3 heteroatoms. The first-order valence-corrected chi connectivity index (χ1v) is 4.89. The number of hydrogen-bond acceptors (Lipinski definition) is 3. The van der Waals surface area contributed by atoms with Gasteiger partial charge in [-0.2, -0.15) is 0 Å². The largest absolute Gasteiger partial charge is 0.459 e. The molecule has 2 aliphatic rings. The van der Waals surface area contributed by atoms with Crippen LogP contribution in [0.2, 0.25) is 0 Å². The molecular weight excluding hydrogens is 168 g/mol. The maximum atomic E-state index is 11.1. The second kappa shape index (κ2) is 2.71. The average molecular weight is 184 g/mol. The molecule has 2 unspecified atom stereocenters. The molecule has 3 nitrogen and oxygen atoms in total. The lowest BCUT2D eigenvalue weighted by atomic mass is 9.68. The molecule has 0 aromatic rings. The zero-order valence-corrected chi connectivity index (χ0v) is 8.12. The summed E-state index contributed by atoms with van der Waals surface area (Å²) in [4.78, 5) is 11.1. The molecule has 1 N–H and O–H groups in total. The van der Waals surface area contributed by atoms with Crippen molar-refractivity contribution in [3.05, 3.63) is 0 Å². The molecule has 2 fully saturated rings. The Kier molecular flexibility index (Phi) is 1.88. The van der Waals surface area contributed by atoms with Gasteiger partial charge in [0, 0.05) is 5.41 Å². The van der Waals surface area contributed by atoms with Gasteiger partial charge in [-0.15, -0.1) is 0 Å². The number of esters is 1. The van der Waals surface area contributed by atoms with Crippen molar-refractivity contribution in [2.75, 3.05) is 0 Å². The number of fused-ring (bicyclic) bond motifs is 1. The average Bonchev–Trinajstić information content (AvgIpc) is 2.23. The van der Waals surface area contributed by atoms with Crippen molar-refractivity contribution < 1.29 is 14.6 Å². The van der Waals surface area contributed by atoms with Crippen LogP contribution in [0.3, 0.4) is 0 Å². The Hall–Kier alpha value is -0.570. The fourth-order valence-electron chi connectivity index (χ4n) is 2.90. The van der Waals surface area contributed by atoms with Crippen LogP contribution in [0.25, 0.3) is 0 Å². The van der Waals surface area contributed by atoms with Crippen molar-refractivity contribution in [2.45, 2.75) is 45.3 Å². The Bertz CT molecular complexity index is 238. The number of aliphatic hydroxyl groups excluding tert-OH is 1. The van der Waals surface area contributed by atoms with E-state index in [2.05, 4.69) is 6.92 Å². The Balaban J connectivity index is 2.23. The molecule has 0 spiro atoms. The van der Waals surface area contributed by atoms with E-state index in [1.165, 1.54) is 0 Å². The third kappa shape index (κ3) is 1.35. The first-order valence-electron chi connectivity index (χ1n) is 4.89. The third-order valence-electron chi connectivity index (χ3n) is 3.30. The van der Waals surface area contributed by atoms with Crippen molar-refractivity contribution >= 4 is 5.97 Å². The Morgan fingerprint density at radius 2 is 2.31 bits per heavy atom. The molecule has 0 bridgehead atoms. The number of ether oxygens (including phenoxy) is 1. The van der Waals surface area contributed by atoms with E-state index in [4.69, 9.17) is 4.74 Å². The van der Waals surface area contributed by atoms with E-state index in [-0.39, 0.29) is 17.5 Å². The molecule has 0 amide bonds. The van der Waals surface area contributed by atoms with Crippen LogP contribution in [0.4, 0.5) is 0 Å². The molecule has 0 radical (unpaired) electrons. The highest BCUT2D eigenvalue weighted by Gasteiger charge is 2.52. The van der Waals surface area contributed by atoms with Crippen LogP contribution in [0, 0.1) is 11.3 Å². The van der Waals surface area contributed by atoms with Gasteiger partial charge >= 0.3 is 5.97 Å². The summed E-state index contributed by atoms with van der Waals surface area (Å²) in [5, 5.41) is 9.76. The summed E-state index contributed by atoms with van der Waals surface area (Å²) in [5.74, 6) is 0.339. The van der Waals surface area contributed by atoms with Gasteiger partial charge in [-0.25, -0.2) is 0 Å². The molecule has 74 valence electrons.